The third-order valence-electron chi connectivity index (χ3n) is 3.16. The van der Waals surface area contributed by atoms with E-state index in [-0.39, 0.29) is 36.7 Å². The molecule has 1 aliphatic rings. The summed E-state index contributed by atoms with van der Waals surface area (Å²) in [5.41, 5.74) is 1.79. The monoisotopic (exact) mass is 407 g/mol. The van der Waals surface area contributed by atoms with E-state index in [1.165, 1.54) is 0 Å². The molecule has 1 aromatic rings. The van der Waals surface area contributed by atoms with Crippen LogP contribution in [0.5, 0.6) is 0 Å². The van der Waals surface area contributed by atoms with Crippen molar-refractivity contribution in [1.29, 1.82) is 0 Å². The van der Waals surface area contributed by atoms with Crippen LogP contribution in [0.25, 0.3) is 0 Å². The van der Waals surface area contributed by atoms with Crippen LogP contribution >= 0.6 is 40.1 Å². The predicted octanol–water partition coefficient (Wildman–Crippen LogP) is 2.29. The maximum atomic E-state index is 11.9. The first-order valence-electron chi connectivity index (χ1n) is 6.71. The Kier molecular flexibility index (Phi) is 8.24. The third kappa shape index (κ3) is 5.79. The molecule has 22 heavy (non-hydrogen) atoms. The van der Waals surface area contributed by atoms with E-state index in [0.717, 1.165) is 27.4 Å². The molecule has 122 valence electrons. The number of rotatable bonds is 5. The average molecular weight is 409 g/mol. The van der Waals surface area contributed by atoms with E-state index in [1.54, 1.807) is 11.8 Å². The molecule has 0 radical (unpaired) electrons. The maximum Gasteiger partial charge on any atom is 0.238 e. The summed E-state index contributed by atoms with van der Waals surface area (Å²) >= 11 is 5.08. The number of carbonyl (C=O) groups excluding carboxylic acids is 2. The summed E-state index contributed by atoms with van der Waals surface area (Å²) in [7, 11) is 0. The Labute approximate surface area is 148 Å². The number of hydrogen-bond donors (Lipinski definition) is 3. The van der Waals surface area contributed by atoms with Crippen LogP contribution in [-0.2, 0) is 9.59 Å². The second-order valence-corrected chi connectivity index (χ2v) is 6.77. The number of benzene rings is 1. The zero-order valence-corrected chi connectivity index (χ0v) is 15.4. The van der Waals surface area contributed by atoms with Crippen LogP contribution in [0.15, 0.2) is 22.7 Å². The van der Waals surface area contributed by atoms with Gasteiger partial charge in [-0.25, -0.2) is 0 Å². The van der Waals surface area contributed by atoms with Gasteiger partial charge in [-0.3, -0.25) is 14.9 Å². The van der Waals surface area contributed by atoms with Gasteiger partial charge in [0.15, 0.2) is 0 Å². The van der Waals surface area contributed by atoms with Gasteiger partial charge in [0.2, 0.25) is 11.8 Å². The second kappa shape index (κ2) is 9.39. The molecule has 0 aliphatic carbocycles. The standard InChI is InChI=1S/C14H18BrN3O2S.ClH/c1-9-2-3-10(15)6-11(9)18-13(19)4-5-16-14(20)12-7-21-8-17-12;/h2-3,6,12,17H,4-5,7-8H2,1H3,(H,16,20)(H,18,19);1H. The Morgan fingerprint density at radius 1 is 1.45 bits per heavy atom. The quantitative estimate of drug-likeness (QED) is 0.699. The van der Waals surface area contributed by atoms with Crippen molar-refractivity contribution in [1.82, 2.24) is 10.6 Å². The van der Waals surface area contributed by atoms with Crippen LogP contribution in [-0.4, -0.2) is 36.0 Å². The summed E-state index contributed by atoms with van der Waals surface area (Å²) < 4.78 is 0.918. The van der Waals surface area contributed by atoms with E-state index >= 15 is 0 Å². The number of thioether (sulfide) groups is 1. The lowest BCUT2D eigenvalue weighted by molar-refractivity contribution is -0.122. The topological polar surface area (TPSA) is 70.2 Å². The molecule has 1 heterocycles. The lowest BCUT2D eigenvalue weighted by Gasteiger charge is -2.11. The van der Waals surface area contributed by atoms with Crippen molar-refractivity contribution in [3.63, 3.8) is 0 Å². The number of anilines is 1. The fraction of sp³-hybridized carbons (Fsp3) is 0.429. The number of hydrogen-bond acceptors (Lipinski definition) is 4. The van der Waals surface area contributed by atoms with E-state index in [1.807, 2.05) is 25.1 Å². The molecule has 1 unspecified atom stereocenters. The number of aryl methyl sites for hydroxylation is 1. The van der Waals surface area contributed by atoms with E-state index in [0.29, 0.717) is 6.54 Å². The Morgan fingerprint density at radius 3 is 2.91 bits per heavy atom. The van der Waals surface area contributed by atoms with Gasteiger partial charge >= 0.3 is 0 Å². The highest BCUT2D eigenvalue weighted by molar-refractivity contribution is 9.10. The van der Waals surface area contributed by atoms with E-state index < -0.39 is 0 Å². The molecule has 1 aromatic carbocycles. The van der Waals surface area contributed by atoms with Crippen molar-refractivity contribution in [3.05, 3.63) is 28.2 Å². The molecule has 8 heteroatoms. The fourth-order valence-corrected chi connectivity index (χ4v) is 3.23. The minimum absolute atomic E-state index is 0. The van der Waals surface area contributed by atoms with Crippen LogP contribution in [0.2, 0.25) is 0 Å². The van der Waals surface area contributed by atoms with Gasteiger partial charge in [0.25, 0.3) is 0 Å². The third-order valence-corrected chi connectivity index (χ3v) is 4.59. The Hall–Kier alpha value is -0.760. The molecule has 0 saturated carbocycles. The maximum absolute atomic E-state index is 11.9. The molecule has 1 fully saturated rings. The molecule has 1 atom stereocenters. The van der Waals surface area contributed by atoms with Crippen LogP contribution in [0.1, 0.15) is 12.0 Å². The van der Waals surface area contributed by atoms with Crippen molar-refractivity contribution in [3.8, 4) is 0 Å². The number of halogens is 2. The number of nitrogens with one attached hydrogen (secondary N) is 3. The summed E-state index contributed by atoms with van der Waals surface area (Å²) in [5, 5.41) is 8.73. The van der Waals surface area contributed by atoms with Gasteiger partial charge in [-0.2, -0.15) is 0 Å². The van der Waals surface area contributed by atoms with Crippen LogP contribution in [0.3, 0.4) is 0 Å². The molecule has 0 bridgehead atoms. The molecule has 0 aromatic heterocycles. The summed E-state index contributed by atoms with van der Waals surface area (Å²) in [6.45, 7) is 2.29. The first kappa shape index (κ1) is 19.3. The van der Waals surface area contributed by atoms with Crippen LogP contribution in [0, 0.1) is 6.92 Å². The van der Waals surface area contributed by atoms with E-state index in [2.05, 4.69) is 31.9 Å². The van der Waals surface area contributed by atoms with Gasteiger partial charge in [0.1, 0.15) is 0 Å². The van der Waals surface area contributed by atoms with Crippen LogP contribution < -0.4 is 16.0 Å². The average Bonchev–Trinajstić information content (AvgIpc) is 2.97. The van der Waals surface area contributed by atoms with Crippen molar-refractivity contribution in [2.24, 2.45) is 0 Å². The van der Waals surface area contributed by atoms with Crippen LogP contribution in [0.4, 0.5) is 5.69 Å². The minimum Gasteiger partial charge on any atom is -0.354 e. The van der Waals surface area contributed by atoms with Gasteiger partial charge in [-0.05, 0) is 24.6 Å². The molecule has 1 saturated heterocycles. The first-order chi connectivity index (χ1) is 10.1. The van der Waals surface area contributed by atoms with E-state index in [4.69, 9.17) is 0 Å². The molecule has 5 nitrogen and oxygen atoms in total. The smallest absolute Gasteiger partial charge is 0.238 e. The molecular formula is C14H19BrClN3O2S. The summed E-state index contributed by atoms with van der Waals surface area (Å²) in [6, 6.07) is 5.60. The predicted molar refractivity (Wildman–Crippen MR) is 96.6 cm³/mol. The van der Waals surface area contributed by atoms with Gasteiger partial charge in [0, 0.05) is 34.8 Å². The molecule has 2 rings (SSSR count). The SMILES string of the molecule is Cc1ccc(Br)cc1NC(=O)CCNC(=O)C1CSCN1.Cl. The molecular weight excluding hydrogens is 390 g/mol. The Bertz CT molecular complexity index is 539. The minimum atomic E-state index is -0.134. The Morgan fingerprint density at radius 2 is 2.23 bits per heavy atom. The molecule has 0 spiro atoms. The Balaban J connectivity index is 0.00000242. The van der Waals surface area contributed by atoms with Crippen molar-refractivity contribution < 1.29 is 9.59 Å². The molecule has 1 aliphatic heterocycles. The summed E-state index contributed by atoms with van der Waals surface area (Å²) in [5.74, 6) is 1.45. The fourth-order valence-electron chi connectivity index (χ4n) is 1.93. The lowest BCUT2D eigenvalue weighted by Crippen LogP contribution is -2.42. The molecule has 3 N–H and O–H groups in total. The lowest BCUT2D eigenvalue weighted by atomic mass is 10.2. The summed E-state index contributed by atoms with van der Waals surface area (Å²) in [4.78, 5) is 23.6. The van der Waals surface area contributed by atoms with Gasteiger partial charge in [0.05, 0.1) is 6.04 Å². The van der Waals surface area contributed by atoms with Crippen molar-refractivity contribution >= 4 is 57.6 Å². The highest BCUT2D eigenvalue weighted by atomic mass is 79.9. The largest absolute Gasteiger partial charge is 0.354 e. The van der Waals surface area contributed by atoms with Crippen molar-refractivity contribution in [2.45, 2.75) is 19.4 Å². The highest BCUT2D eigenvalue weighted by Crippen LogP contribution is 2.20. The number of carbonyl (C=O) groups is 2. The van der Waals surface area contributed by atoms with E-state index in [9.17, 15) is 9.59 Å². The highest BCUT2D eigenvalue weighted by Gasteiger charge is 2.21. The number of amides is 2. The zero-order valence-electron chi connectivity index (χ0n) is 12.1. The first-order valence-corrected chi connectivity index (χ1v) is 8.66. The molecule has 2 amide bonds. The normalized spacial score (nSPS) is 16.7. The second-order valence-electron chi connectivity index (χ2n) is 4.82. The van der Waals surface area contributed by atoms with Gasteiger partial charge < -0.3 is 10.6 Å². The summed E-state index contributed by atoms with van der Waals surface area (Å²) in [6.07, 6.45) is 0.261. The van der Waals surface area contributed by atoms with Gasteiger partial charge in [-0.1, -0.05) is 22.0 Å². The van der Waals surface area contributed by atoms with Crippen molar-refractivity contribution in [2.75, 3.05) is 23.5 Å². The van der Waals surface area contributed by atoms with Gasteiger partial charge in [-0.15, -0.1) is 24.2 Å². The zero-order chi connectivity index (χ0) is 15.2.